The second kappa shape index (κ2) is 4.66. The van der Waals surface area contributed by atoms with Gasteiger partial charge in [0.1, 0.15) is 5.76 Å². The summed E-state index contributed by atoms with van der Waals surface area (Å²) in [5, 5.41) is 2.76. The Morgan fingerprint density at radius 1 is 1.25 bits per heavy atom. The van der Waals surface area contributed by atoms with Crippen LogP contribution in [0.1, 0.15) is 17.3 Å². The molecule has 1 amide bonds. The van der Waals surface area contributed by atoms with Gasteiger partial charge in [-0.1, -0.05) is 30.3 Å². The van der Waals surface area contributed by atoms with E-state index >= 15 is 0 Å². The molecule has 0 saturated heterocycles. The van der Waals surface area contributed by atoms with Crippen molar-refractivity contribution in [3.8, 4) is 11.3 Å². The van der Waals surface area contributed by atoms with Crippen LogP contribution in [0.15, 0.2) is 47.1 Å². The van der Waals surface area contributed by atoms with Gasteiger partial charge in [-0.2, -0.15) is 0 Å². The highest BCUT2D eigenvalue weighted by Gasteiger charge is 2.14. The molecule has 1 heterocycles. The molecule has 0 aliphatic heterocycles. The molecule has 16 heavy (non-hydrogen) atoms. The molecule has 0 atom stereocenters. The summed E-state index contributed by atoms with van der Waals surface area (Å²) in [4.78, 5) is 11.7. The van der Waals surface area contributed by atoms with E-state index < -0.39 is 0 Å². The third kappa shape index (κ3) is 1.98. The van der Waals surface area contributed by atoms with Crippen LogP contribution in [0.3, 0.4) is 0 Å². The Kier molecular flexibility index (Phi) is 3.05. The zero-order valence-corrected chi connectivity index (χ0v) is 9.07. The number of hydrogen-bond donors (Lipinski definition) is 1. The van der Waals surface area contributed by atoms with E-state index in [1.165, 1.54) is 6.26 Å². The van der Waals surface area contributed by atoms with Crippen LogP contribution in [-0.4, -0.2) is 12.5 Å². The highest BCUT2D eigenvalue weighted by Crippen LogP contribution is 2.24. The number of carbonyl (C=O) groups excluding carboxylic acids is 1. The SMILES string of the molecule is CCNC(=O)c1ccoc1-c1ccccc1. The lowest BCUT2D eigenvalue weighted by atomic mass is 10.1. The standard InChI is InChI=1S/C13H13NO2/c1-2-14-13(15)11-8-9-16-12(11)10-6-4-3-5-7-10/h3-9H,2H2,1H3,(H,14,15). The first-order valence-corrected chi connectivity index (χ1v) is 5.24. The smallest absolute Gasteiger partial charge is 0.255 e. The van der Waals surface area contributed by atoms with Crippen LogP contribution in [-0.2, 0) is 0 Å². The van der Waals surface area contributed by atoms with Gasteiger partial charge < -0.3 is 9.73 Å². The summed E-state index contributed by atoms with van der Waals surface area (Å²) >= 11 is 0. The number of furan rings is 1. The number of carbonyl (C=O) groups is 1. The molecule has 0 saturated carbocycles. The fourth-order valence-corrected chi connectivity index (χ4v) is 1.56. The van der Waals surface area contributed by atoms with E-state index in [0.717, 1.165) is 5.56 Å². The van der Waals surface area contributed by atoms with Gasteiger partial charge in [-0.05, 0) is 13.0 Å². The monoisotopic (exact) mass is 215 g/mol. The Labute approximate surface area is 94.1 Å². The molecule has 3 heteroatoms. The van der Waals surface area contributed by atoms with E-state index in [0.29, 0.717) is 17.9 Å². The van der Waals surface area contributed by atoms with Crippen molar-refractivity contribution in [3.05, 3.63) is 48.2 Å². The van der Waals surface area contributed by atoms with Crippen LogP contribution < -0.4 is 5.32 Å². The van der Waals surface area contributed by atoms with E-state index in [4.69, 9.17) is 4.42 Å². The Morgan fingerprint density at radius 2 is 2.00 bits per heavy atom. The van der Waals surface area contributed by atoms with Gasteiger partial charge in [-0.25, -0.2) is 0 Å². The van der Waals surface area contributed by atoms with Crippen molar-refractivity contribution >= 4 is 5.91 Å². The first-order chi connectivity index (χ1) is 7.83. The minimum absolute atomic E-state index is 0.102. The number of benzene rings is 1. The van der Waals surface area contributed by atoms with Gasteiger partial charge in [0.25, 0.3) is 5.91 Å². The summed E-state index contributed by atoms with van der Waals surface area (Å²) in [6.45, 7) is 2.50. The van der Waals surface area contributed by atoms with Crippen molar-refractivity contribution in [1.82, 2.24) is 5.32 Å². The highest BCUT2D eigenvalue weighted by atomic mass is 16.3. The maximum Gasteiger partial charge on any atom is 0.255 e. The molecule has 0 aliphatic rings. The van der Waals surface area contributed by atoms with Crippen molar-refractivity contribution in [2.45, 2.75) is 6.92 Å². The molecule has 0 unspecified atom stereocenters. The minimum atomic E-state index is -0.102. The molecule has 1 aromatic heterocycles. The Bertz CT molecular complexity index is 474. The zero-order valence-electron chi connectivity index (χ0n) is 9.07. The summed E-state index contributed by atoms with van der Waals surface area (Å²) in [5.74, 6) is 0.515. The summed E-state index contributed by atoms with van der Waals surface area (Å²) in [6.07, 6.45) is 1.53. The first kappa shape index (κ1) is 10.5. The fraction of sp³-hybridized carbons (Fsp3) is 0.154. The van der Waals surface area contributed by atoms with Crippen LogP contribution in [0.5, 0.6) is 0 Å². The molecule has 3 nitrogen and oxygen atoms in total. The summed E-state index contributed by atoms with van der Waals surface area (Å²) in [5.41, 5.74) is 1.49. The van der Waals surface area contributed by atoms with E-state index in [1.54, 1.807) is 6.07 Å². The van der Waals surface area contributed by atoms with Crippen LogP contribution in [0.4, 0.5) is 0 Å². The normalized spacial score (nSPS) is 10.1. The Morgan fingerprint density at radius 3 is 2.69 bits per heavy atom. The number of nitrogens with one attached hydrogen (secondary N) is 1. The number of amides is 1. The minimum Gasteiger partial charge on any atom is -0.464 e. The molecular weight excluding hydrogens is 202 g/mol. The summed E-state index contributed by atoms with van der Waals surface area (Å²) in [7, 11) is 0. The van der Waals surface area contributed by atoms with Crippen LogP contribution in [0, 0.1) is 0 Å². The van der Waals surface area contributed by atoms with Crippen molar-refractivity contribution in [1.29, 1.82) is 0 Å². The molecule has 82 valence electrons. The molecule has 1 N–H and O–H groups in total. The molecule has 2 aromatic rings. The molecule has 0 spiro atoms. The van der Waals surface area contributed by atoms with Gasteiger partial charge >= 0.3 is 0 Å². The molecule has 0 aliphatic carbocycles. The van der Waals surface area contributed by atoms with Crippen LogP contribution in [0.25, 0.3) is 11.3 Å². The van der Waals surface area contributed by atoms with E-state index in [1.807, 2.05) is 37.3 Å². The van der Waals surface area contributed by atoms with E-state index in [2.05, 4.69) is 5.32 Å². The number of hydrogen-bond acceptors (Lipinski definition) is 2. The second-order valence-corrected chi connectivity index (χ2v) is 3.39. The zero-order chi connectivity index (χ0) is 11.4. The van der Waals surface area contributed by atoms with Crippen LogP contribution >= 0.6 is 0 Å². The molecule has 1 aromatic carbocycles. The summed E-state index contributed by atoms with van der Waals surface area (Å²) in [6, 6.07) is 11.3. The Hall–Kier alpha value is -2.03. The average molecular weight is 215 g/mol. The van der Waals surface area contributed by atoms with Crippen molar-refractivity contribution in [2.24, 2.45) is 0 Å². The third-order valence-electron chi connectivity index (χ3n) is 2.28. The lowest BCUT2D eigenvalue weighted by Gasteiger charge is -2.02. The van der Waals surface area contributed by atoms with Gasteiger partial charge in [0.2, 0.25) is 0 Å². The highest BCUT2D eigenvalue weighted by molar-refractivity contribution is 5.99. The van der Waals surface area contributed by atoms with Gasteiger partial charge in [-0.15, -0.1) is 0 Å². The van der Waals surface area contributed by atoms with Crippen molar-refractivity contribution < 1.29 is 9.21 Å². The third-order valence-corrected chi connectivity index (χ3v) is 2.28. The van der Waals surface area contributed by atoms with E-state index in [9.17, 15) is 4.79 Å². The van der Waals surface area contributed by atoms with Gasteiger partial charge in [0.05, 0.1) is 11.8 Å². The topological polar surface area (TPSA) is 42.2 Å². The number of rotatable bonds is 3. The van der Waals surface area contributed by atoms with Crippen molar-refractivity contribution in [3.63, 3.8) is 0 Å². The molecule has 0 bridgehead atoms. The van der Waals surface area contributed by atoms with Gasteiger partial charge in [0.15, 0.2) is 0 Å². The first-order valence-electron chi connectivity index (χ1n) is 5.24. The predicted molar refractivity (Wildman–Crippen MR) is 62.2 cm³/mol. The summed E-state index contributed by atoms with van der Waals surface area (Å²) < 4.78 is 5.36. The van der Waals surface area contributed by atoms with Gasteiger partial charge in [-0.3, -0.25) is 4.79 Å². The maximum atomic E-state index is 11.7. The van der Waals surface area contributed by atoms with Crippen LogP contribution in [0.2, 0.25) is 0 Å². The molecule has 2 rings (SSSR count). The lowest BCUT2D eigenvalue weighted by Crippen LogP contribution is -2.22. The Balaban J connectivity index is 2.37. The molecule has 0 fully saturated rings. The molecule has 0 radical (unpaired) electrons. The van der Waals surface area contributed by atoms with Gasteiger partial charge in [0, 0.05) is 12.1 Å². The fourth-order valence-electron chi connectivity index (χ4n) is 1.56. The quantitative estimate of drug-likeness (QED) is 0.855. The average Bonchev–Trinajstić information content (AvgIpc) is 2.79. The largest absolute Gasteiger partial charge is 0.464 e. The van der Waals surface area contributed by atoms with E-state index in [-0.39, 0.29) is 5.91 Å². The predicted octanol–water partition coefficient (Wildman–Crippen LogP) is 2.70. The van der Waals surface area contributed by atoms with Crippen molar-refractivity contribution in [2.75, 3.05) is 6.54 Å². The maximum absolute atomic E-state index is 11.7. The lowest BCUT2D eigenvalue weighted by molar-refractivity contribution is 0.0956. The second-order valence-electron chi connectivity index (χ2n) is 3.39. The molecular formula is C13H13NO2.